The molecule has 186 valence electrons. The molecule has 0 heterocycles. The largest absolute Gasteiger partial charge is 0.497 e. The first-order valence-corrected chi connectivity index (χ1v) is 13.2. The van der Waals surface area contributed by atoms with E-state index in [0.717, 1.165) is 22.5 Å². The van der Waals surface area contributed by atoms with Gasteiger partial charge < -0.3 is 15.0 Å². The van der Waals surface area contributed by atoms with Crippen LogP contribution in [-0.2, 0) is 26.2 Å². The lowest BCUT2D eigenvalue weighted by Gasteiger charge is -2.31. The van der Waals surface area contributed by atoms with Crippen molar-refractivity contribution in [1.29, 1.82) is 0 Å². The zero-order chi connectivity index (χ0) is 25.5. The summed E-state index contributed by atoms with van der Waals surface area (Å²) in [5.41, 5.74) is 0.795. The zero-order valence-electron chi connectivity index (χ0n) is 19.5. The number of nitrogens with one attached hydrogen (secondary N) is 1. The number of halogens is 2. The van der Waals surface area contributed by atoms with Crippen molar-refractivity contribution in [3.63, 3.8) is 0 Å². The number of hydrogen-bond acceptors (Lipinski definition) is 5. The summed E-state index contributed by atoms with van der Waals surface area (Å²) < 4.78 is 31.3. The van der Waals surface area contributed by atoms with E-state index < -0.39 is 28.5 Å². The highest BCUT2D eigenvalue weighted by Crippen LogP contribution is 2.31. The van der Waals surface area contributed by atoms with Gasteiger partial charge in [-0.2, -0.15) is 0 Å². The molecule has 0 saturated heterocycles. The molecular formula is C23H29Cl2N3O5S. The Morgan fingerprint density at radius 2 is 1.85 bits per heavy atom. The minimum atomic E-state index is -3.91. The Bertz CT molecular complexity index is 1130. The SMILES string of the molecule is CCCNC(=O)[C@H](C)N(Cc1cccc(OC)c1)C(=O)CN(c1cc(Cl)ccc1Cl)S(C)(=O)=O. The van der Waals surface area contributed by atoms with Crippen LogP contribution < -0.4 is 14.4 Å². The van der Waals surface area contributed by atoms with E-state index in [2.05, 4.69) is 5.32 Å². The molecule has 0 unspecified atom stereocenters. The lowest BCUT2D eigenvalue weighted by atomic mass is 10.1. The number of benzene rings is 2. The lowest BCUT2D eigenvalue weighted by molar-refractivity contribution is -0.139. The molecule has 0 spiro atoms. The molecule has 1 atom stereocenters. The van der Waals surface area contributed by atoms with Gasteiger partial charge in [-0.15, -0.1) is 0 Å². The van der Waals surface area contributed by atoms with Gasteiger partial charge in [-0.25, -0.2) is 8.42 Å². The van der Waals surface area contributed by atoms with Gasteiger partial charge in [0.15, 0.2) is 0 Å². The Balaban J connectivity index is 2.43. The molecule has 0 aromatic heterocycles. The third kappa shape index (κ3) is 7.51. The standard InChI is InChI=1S/C23H29Cl2N3O5S/c1-5-11-26-23(30)16(2)27(14-17-7-6-8-19(12-17)33-3)22(29)15-28(34(4,31)32)21-13-18(24)9-10-20(21)25/h6-10,12-13,16H,5,11,14-15H2,1-4H3,(H,26,30)/t16-/m0/s1. The maximum atomic E-state index is 13.5. The van der Waals surface area contributed by atoms with Gasteiger partial charge in [0.2, 0.25) is 21.8 Å². The number of ether oxygens (including phenoxy) is 1. The van der Waals surface area contributed by atoms with Gasteiger partial charge >= 0.3 is 0 Å². The predicted molar refractivity (Wildman–Crippen MR) is 135 cm³/mol. The Kier molecular flexibility index (Phi) is 10.0. The van der Waals surface area contributed by atoms with Crippen LogP contribution in [0, 0.1) is 0 Å². The summed E-state index contributed by atoms with van der Waals surface area (Å²) in [4.78, 5) is 27.5. The quantitative estimate of drug-likeness (QED) is 0.478. The van der Waals surface area contributed by atoms with E-state index in [1.807, 2.05) is 6.92 Å². The third-order valence-corrected chi connectivity index (χ3v) is 6.74. The number of hydrogen-bond donors (Lipinski definition) is 1. The van der Waals surface area contributed by atoms with Gasteiger partial charge in [-0.1, -0.05) is 42.3 Å². The van der Waals surface area contributed by atoms with Crippen molar-refractivity contribution in [2.45, 2.75) is 32.9 Å². The highest BCUT2D eigenvalue weighted by Gasteiger charge is 2.30. The van der Waals surface area contributed by atoms with Gasteiger partial charge in [0.1, 0.15) is 18.3 Å². The number of carbonyl (C=O) groups is 2. The molecule has 34 heavy (non-hydrogen) atoms. The number of amides is 2. The van der Waals surface area contributed by atoms with E-state index in [0.29, 0.717) is 12.3 Å². The van der Waals surface area contributed by atoms with Crippen molar-refractivity contribution in [3.05, 3.63) is 58.1 Å². The smallest absolute Gasteiger partial charge is 0.244 e. The molecule has 0 saturated carbocycles. The first kappa shape index (κ1) is 27.8. The second-order valence-electron chi connectivity index (χ2n) is 7.71. The highest BCUT2D eigenvalue weighted by molar-refractivity contribution is 7.92. The van der Waals surface area contributed by atoms with Crippen LogP contribution in [0.5, 0.6) is 5.75 Å². The van der Waals surface area contributed by atoms with Crippen LogP contribution in [-0.4, -0.2) is 57.6 Å². The molecule has 0 radical (unpaired) electrons. The van der Waals surface area contributed by atoms with Gasteiger partial charge in [0.05, 0.1) is 24.1 Å². The average Bonchev–Trinajstić information content (AvgIpc) is 2.79. The molecule has 2 rings (SSSR count). The first-order chi connectivity index (χ1) is 16.0. The molecule has 0 bridgehead atoms. The summed E-state index contributed by atoms with van der Waals surface area (Å²) in [6.07, 6.45) is 1.71. The van der Waals surface area contributed by atoms with Crippen molar-refractivity contribution in [3.8, 4) is 5.75 Å². The van der Waals surface area contributed by atoms with Gasteiger partial charge in [-0.05, 0) is 49.2 Å². The molecule has 11 heteroatoms. The maximum Gasteiger partial charge on any atom is 0.244 e. The maximum absolute atomic E-state index is 13.5. The number of sulfonamides is 1. The summed E-state index contributed by atoms with van der Waals surface area (Å²) in [5.74, 6) is -0.329. The van der Waals surface area contributed by atoms with Crippen molar-refractivity contribution in [2.24, 2.45) is 0 Å². The van der Waals surface area contributed by atoms with Crippen molar-refractivity contribution in [1.82, 2.24) is 10.2 Å². The molecule has 0 fully saturated rings. The summed E-state index contributed by atoms with van der Waals surface area (Å²) in [6, 6.07) is 10.6. The Labute approximate surface area is 210 Å². The fourth-order valence-corrected chi connectivity index (χ4v) is 4.51. The normalized spacial score (nSPS) is 12.1. The number of anilines is 1. The topological polar surface area (TPSA) is 96.0 Å². The van der Waals surface area contributed by atoms with Crippen LogP contribution in [0.3, 0.4) is 0 Å². The minimum Gasteiger partial charge on any atom is -0.497 e. The Morgan fingerprint density at radius 1 is 1.15 bits per heavy atom. The molecule has 2 aromatic rings. The summed E-state index contributed by atoms with van der Waals surface area (Å²) in [5, 5.41) is 3.17. The van der Waals surface area contributed by atoms with Crippen LogP contribution in [0.4, 0.5) is 5.69 Å². The van der Waals surface area contributed by atoms with Gasteiger partial charge in [0.25, 0.3) is 0 Å². The number of carbonyl (C=O) groups excluding carboxylic acids is 2. The van der Waals surface area contributed by atoms with Crippen LogP contribution in [0.2, 0.25) is 10.0 Å². The van der Waals surface area contributed by atoms with Crippen LogP contribution in [0.1, 0.15) is 25.8 Å². The number of rotatable bonds is 11. The monoisotopic (exact) mass is 529 g/mol. The van der Waals surface area contributed by atoms with Crippen molar-refractivity contribution < 1.29 is 22.7 Å². The van der Waals surface area contributed by atoms with E-state index in [1.54, 1.807) is 31.2 Å². The van der Waals surface area contributed by atoms with Gasteiger partial charge in [0, 0.05) is 18.1 Å². The van der Waals surface area contributed by atoms with E-state index in [4.69, 9.17) is 27.9 Å². The minimum absolute atomic E-state index is 0.0671. The van der Waals surface area contributed by atoms with E-state index in [-0.39, 0.29) is 28.2 Å². The molecule has 0 aliphatic carbocycles. The van der Waals surface area contributed by atoms with E-state index in [1.165, 1.54) is 30.2 Å². The number of methoxy groups -OCH3 is 1. The van der Waals surface area contributed by atoms with Crippen LogP contribution in [0.15, 0.2) is 42.5 Å². The van der Waals surface area contributed by atoms with E-state index >= 15 is 0 Å². The van der Waals surface area contributed by atoms with Gasteiger partial charge in [-0.3, -0.25) is 13.9 Å². The molecule has 2 amide bonds. The molecule has 1 N–H and O–H groups in total. The Hall–Kier alpha value is -2.49. The molecular weight excluding hydrogens is 501 g/mol. The zero-order valence-corrected chi connectivity index (χ0v) is 21.9. The second kappa shape index (κ2) is 12.3. The molecule has 0 aliphatic heterocycles. The fourth-order valence-electron chi connectivity index (χ4n) is 3.22. The van der Waals surface area contributed by atoms with E-state index in [9.17, 15) is 18.0 Å². The lowest BCUT2D eigenvalue weighted by Crippen LogP contribution is -2.51. The summed E-state index contributed by atoms with van der Waals surface area (Å²) >= 11 is 12.3. The Morgan fingerprint density at radius 3 is 2.47 bits per heavy atom. The average molecular weight is 530 g/mol. The molecule has 0 aliphatic rings. The van der Waals surface area contributed by atoms with Crippen molar-refractivity contribution in [2.75, 3.05) is 30.8 Å². The number of nitrogens with zero attached hydrogens (tertiary/aromatic N) is 2. The van der Waals surface area contributed by atoms with Crippen molar-refractivity contribution >= 4 is 50.7 Å². The summed E-state index contributed by atoms with van der Waals surface area (Å²) in [7, 11) is -2.38. The highest BCUT2D eigenvalue weighted by atomic mass is 35.5. The van der Waals surface area contributed by atoms with Crippen LogP contribution >= 0.6 is 23.2 Å². The molecule has 8 nitrogen and oxygen atoms in total. The second-order valence-corrected chi connectivity index (χ2v) is 10.5. The molecule has 2 aromatic carbocycles. The first-order valence-electron chi connectivity index (χ1n) is 10.6. The predicted octanol–water partition coefficient (Wildman–Crippen LogP) is 3.71. The summed E-state index contributed by atoms with van der Waals surface area (Å²) in [6.45, 7) is 3.48. The fraction of sp³-hybridized carbons (Fsp3) is 0.391. The van der Waals surface area contributed by atoms with Crippen LogP contribution in [0.25, 0.3) is 0 Å². The third-order valence-electron chi connectivity index (χ3n) is 5.06.